The lowest BCUT2D eigenvalue weighted by molar-refractivity contribution is -0.384. The number of benzene rings is 2. The first-order chi connectivity index (χ1) is 21.1. The average molecular weight is 620 g/mol. The van der Waals surface area contributed by atoms with Crippen molar-refractivity contribution < 1.29 is 33.2 Å². The number of allylic oxidation sites excluding steroid dienone is 2. The van der Waals surface area contributed by atoms with Crippen LogP contribution in [-0.2, 0) is 23.9 Å². The SMILES string of the molecule is CCOC(=O)C1=C(N)N(c2cc([N+](=O)[O-])ccc2C)C2=C(C(=O)[C@@H](C(=O)OCC)[C@H](c3cccs3)C2)[C@@H]1c1ccccc1F. The first-order valence-corrected chi connectivity index (χ1v) is 14.9. The van der Waals surface area contributed by atoms with Gasteiger partial charge in [-0.25, -0.2) is 9.18 Å². The number of ketones is 1. The Morgan fingerprint density at radius 1 is 1.11 bits per heavy atom. The van der Waals surface area contributed by atoms with E-state index in [-0.39, 0.29) is 53.5 Å². The Bertz CT molecular complexity index is 1720. The number of nitrogens with two attached hydrogens (primary N) is 1. The molecule has 10 nitrogen and oxygen atoms in total. The molecular formula is C32H30FN3O7S. The number of carbonyl (C=O) groups excluding carboxylic acids is 3. The molecule has 1 aromatic heterocycles. The minimum absolute atomic E-state index is 0.00745. The Hall–Kier alpha value is -4.84. The summed E-state index contributed by atoms with van der Waals surface area (Å²) >= 11 is 1.36. The number of carbonyl (C=O) groups is 3. The molecule has 0 spiro atoms. The number of ether oxygens (including phenoxy) is 2. The van der Waals surface area contributed by atoms with Crippen LogP contribution in [0.2, 0.25) is 0 Å². The van der Waals surface area contributed by atoms with E-state index in [4.69, 9.17) is 15.2 Å². The zero-order valence-electron chi connectivity index (χ0n) is 24.2. The third-order valence-corrected chi connectivity index (χ3v) is 8.85. The number of aryl methyl sites for hydroxylation is 1. The molecule has 44 heavy (non-hydrogen) atoms. The second-order valence-corrected chi connectivity index (χ2v) is 11.3. The summed E-state index contributed by atoms with van der Waals surface area (Å²) < 4.78 is 26.3. The van der Waals surface area contributed by atoms with Gasteiger partial charge in [-0.3, -0.25) is 24.6 Å². The van der Waals surface area contributed by atoms with Gasteiger partial charge in [-0.15, -0.1) is 11.3 Å². The van der Waals surface area contributed by atoms with Crippen LogP contribution >= 0.6 is 11.3 Å². The molecule has 0 bridgehead atoms. The monoisotopic (exact) mass is 619 g/mol. The number of hydrogen-bond donors (Lipinski definition) is 1. The van der Waals surface area contributed by atoms with E-state index in [1.165, 1.54) is 52.6 Å². The lowest BCUT2D eigenvalue weighted by atomic mass is 9.68. The van der Waals surface area contributed by atoms with Gasteiger partial charge in [-0.05, 0) is 50.3 Å². The van der Waals surface area contributed by atoms with Crippen LogP contribution in [0.25, 0.3) is 0 Å². The number of Topliss-reactive ketones (excluding diaryl/α,β-unsaturated/α-hetero) is 1. The highest BCUT2D eigenvalue weighted by Gasteiger charge is 2.52. The number of halogens is 1. The summed E-state index contributed by atoms with van der Waals surface area (Å²) in [6.45, 7) is 4.93. The Kier molecular flexibility index (Phi) is 8.63. The molecule has 12 heteroatoms. The van der Waals surface area contributed by atoms with Gasteiger partial charge < -0.3 is 15.2 Å². The number of rotatable bonds is 8. The van der Waals surface area contributed by atoms with Crippen molar-refractivity contribution in [3.63, 3.8) is 0 Å². The maximum atomic E-state index is 15.6. The van der Waals surface area contributed by atoms with Gasteiger partial charge in [0.2, 0.25) is 0 Å². The van der Waals surface area contributed by atoms with E-state index in [2.05, 4.69) is 0 Å². The molecular weight excluding hydrogens is 589 g/mol. The summed E-state index contributed by atoms with van der Waals surface area (Å²) in [7, 11) is 0. The average Bonchev–Trinajstić information content (AvgIpc) is 3.52. The fourth-order valence-electron chi connectivity index (χ4n) is 5.96. The van der Waals surface area contributed by atoms with Gasteiger partial charge in [0, 0.05) is 39.8 Å². The van der Waals surface area contributed by atoms with Gasteiger partial charge >= 0.3 is 11.9 Å². The first-order valence-electron chi connectivity index (χ1n) is 14.0. The highest BCUT2D eigenvalue weighted by Crippen LogP contribution is 2.53. The summed E-state index contributed by atoms with van der Waals surface area (Å²) in [5.74, 6) is -6.44. The molecule has 2 N–H and O–H groups in total. The summed E-state index contributed by atoms with van der Waals surface area (Å²) in [5.41, 5.74) is 7.43. The maximum absolute atomic E-state index is 15.6. The Morgan fingerprint density at radius 3 is 2.48 bits per heavy atom. The predicted octanol–water partition coefficient (Wildman–Crippen LogP) is 5.63. The van der Waals surface area contributed by atoms with Crippen molar-refractivity contribution in [1.29, 1.82) is 0 Å². The molecule has 1 aliphatic heterocycles. The van der Waals surface area contributed by atoms with E-state index in [1.807, 2.05) is 11.4 Å². The maximum Gasteiger partial charge on any atom is 0.338 e. The number of thiophene rings is 1. The second-order valence-electron chi connectivity index (χ2n) is 10.3. The standard InChI is InChI=1S/C32H30FN3O7S/c1-4-42-31(38)26-20(24-11-8-14-44-24)16-23-27(29(26)37)25(19-9-6-7-10-21(19)33)28(32(39)43-5-2)30(34)35(23)22-15-18(36(40)41)13-12-17(22)3/h6-15,20,25-26H,4-5,16,34H2,1-3H3/t20-,25-,26-/m0/s1. The van der Waals surface area contributed by atoms with Crippen LogP contribution in [0.5, 0.6) is 0 Å². The summed E-state index contributed by atoms with van der Waals surface area (Å²) in [6, 6.07) is 13.5. The fourth-order valence-corrected chi connectivity index (χ4v) is 6.82. The number of nitro benzene ring substituents is 1. The molecule has 228 valence electrons. The number of anilines is 1. The molecule has 2 heterocycles. The van der Waals surface area contributed by atoms with Gasteiger partial charge in [0.1, 0.15) is 17.6 Å². The molecule has 0 saturated heterocycles. The summed E-state index contributed by atoms with van der Waals surface area (Å²) in [4.78, 5) is 55.2. The molecule has 0 amide bonds. The van der Waals surface area contributed by atoms with Crippen molar-refractivity contribution >= 4 is 40.4 Å². The van der Waals surface area contributed by atoms with Crippen LogP contribution in [0, 0.1) is 28.8 Å². The van der Waals surface area contributed by atoms with Crippen molar-refractivity contribution in [3.8, 4) is 0 Å². The topological polar surface area (TPSA) is 142 Å². The molecule has 5 rings (SSSR count). The number of nitro groups is 1. The fraction of sp³-hybridized carbons (Fsp3) is 0.281. The van der Waals surface area contributed by atoms with Crippen LogP contribution < -0.4 is 10.6 Å². The predicted molar refractivity (Wildman–Crippen MR) is 161 cm³/mol. The van der Waals surface area contributed by atoms with Crippen molar-refractivity contribution in [2.75, 3.05) is 18.1 Å². The Balaban J connectivity index is 1.87. The molecule has 1 aliphatic carbocycles. The molecule has 2 aliphatic rings. The number of esters is 2. The van der Waals surface area contributed by atoms with Crippen molar-refractivity contribution in [2.24, 2.45) is 11.7 Å². The molecule has 3 aromatic rings. The van der Waals surface area contributed by atoms with Crippen molar-refractivity contribution in [1.82, 2.24) is 0 Å². The molecule has 3 atom stereocenters. The minimum Gasteiger partial charge on any atom is -0.465 e. The Labute approximate surface area is 256 Å². The largest absolute Gasteiger partial charge is 0.465 e. The zero-order chi connectivity index (χ0) is 31.7. The number of nitrogens with zero attached hydrogens (tertiary/aromatic N) is 2. The normalized spacial score (nSPS) is 20.0. The number of hydrogen-bond acceptors (Lipinski definition) is 10. The van der Waals surface area contributed by atoms with Crippen LogP contribution in [0.15, 0.2) is 82.6 Å². The van der Waals surface area contributed by atoms with Gasteiger partial charge in [-0.2, -0.15) is 0 Å². The highest BCUT2D eigenvalue weighted by atomic mass is 32.1. The van der Waals surface area contributed by atoms with Crippen LogP contribution in [-0.4, -0.2) is 35.9 Å². The molecule has 0 radical (unpaired) electrons. The molecule has 0 fully saturated rings. The second kappa shape index (κ2) is 12.4. The highest BCUT2D eigenvalue weighted by molar-refractivity contribution is 7.10. The minimum atomic E-state index is -1.32. The molecule has 0 unspecified atom stereocenters. The van der Waals surface area contributed by atoms with E-state index in [1.54, 1.807) is 32.9 Å². The lowest BCUT2D eigenvalue weighted by Gasteiger charge is -2.44. The van der Waals surface area contributed by atoms with E-state index < -0.39 is 46.2 Å². The summed E-state index contributed by atoms with van der Waals surface area (Å²) in [6.07, 6.45) is 0.0644. The van der Waals surface area contributed by atoms with Crippen LogP contribution in [0.1, 0.15) is 48.1 Å². The first kappa shape index (κ1) is 30.6. The van der Waals surface area contributed by atoms with E-state index in [0.717, 1.165) is 4.88 Å². The summed E-state index contributed by atoms with van der Waals surface area (Å²) in [5, 5.41) is 13.6. The van der Waals surface area contributed by atoms with Gasteiger partial charge in [-0.1, -0.05) is 30.3 Å². The van der Waals surface area contributed by atoms with Crippen LogP contribution in [0.4, 0.5) is 15.8 Å². The van der Waals surface area contributed by atoms with E-state index >= 15 is 4.39 Å². The van der Waals surface area contributed by atoms with E-state index in [0.29, 0.717) is 11.3 Å². The van der Waals surface area contributed by atoms with Gasteiger partial charge in [0.05, 0.1) is 35.3 Å². The quantitative estimate of drug-likeness (QED) is 0.147. The lowest BCUT2D eigenvalue weighted by Crippen LogP contribution is -2.46. The third kappa shape index (κ3) is 5.25. The van der Waals surface area contributed by atoms with E-state index in [9.17, 15) is 24.5 Å². The van der Waals surface area contributed by atoms with Crippen molar-refractivity contribution in [2.45, 2.75) is 39.0 Å². The zero-order valence-corrected chi connectivity index (χ0v) is 25.1. The van der Waals surface area contributed by atoms with Gasteiger partial charge in [0.15, 0.2) is 5.78 Å². The van der Waals surface area contributed by atoms with Crippen molar-refractivity contribution in [3.05, 3.63) is 115 Å². The number of non-ortho nitro benzene ring substituents is 1. The molecule has 0 saturated carbocycles. The van der Waals surface area contributed by atoms with Crippen LogP contribution in [0.3, 0.4) is 0 Å². The Morgan fingerprint density at radius 2 is 1.84 bits per heavy atom. The van der Waals surface area contributed by atoms with Gasteiger partial charge in [0.25, 0.3) is 5.69 Å². The smallest absolute Gasteiger partial charge is 0.338 e. The molecule has 2 aromatic carbocycles. The third-order valence-electron chi connectivity index (χ3n) is 7.84.